The number of carbonyl (C=O) groups is 2. The molecule has 1 heterocycles. The summed E-state index contributed by atoms with van der Waals surface area (Å²) < 4.78 is 5.61. The molecule has 0 bridgehead atoms. The molecule has 2 aliphatic rings. The van der Waals surface area contributed by atoms with Gasteiger partial charge in [-0.2, -0.15) is 0 Å². The summed E-state index contributed by atoms with van der Waals surface area (Å²) in [4.78, 5) is 26.4. The molecular formula is C24H28N2O3. The summed E-state index contributed by atoms with van der Waals surface area (Å²) in [5.74, 6) is 0.877. The number of amides is 2. The maximum Gasteiger partial charge on any atom is 0.251 e. The Kier molecular flexibility index (Phi) is 5.31. The quantitative estimate of drug-likeness (QED) is 0.841. The second kappa shape index (κ2) is 7.90. The number of nitrogens with zero attached hydrogens (tertiary/aromatic N) is 1. The molecule has 1 fully saturated rings. The Morgan fingerprint density at radius 3 is 2.62 bits per heavy atom. The molecule has 1 N–H and O–H groups in total. The zero-order valence-electron chi connectivity index (χ0n) is 17.2. The molecule has 1 aliphatic carbocycles. The smallest absolute Gasteiger partial charge is 0.251 e. The van der Waals surface area contributed by atoms with Gasteiger partial charge in [-0.3, -0.25) is 9.59 Å². The van der Waals surface area contributed by atoms with Crippen LogP contribution in [0, 0.1) is 0 Å². The maximum absolute atomic E-state index is 12.9. The van der Waals surface area contributed by atoms with Gasteiger partial charge in [0.05, 0.1) is 7.11 Å². The summed E-state index contributed by atoms with van der Waals surface area (Å²) in [7, 11) is 1.70. The Hall–Kier alpha value is -2.82. The molecule has 2 aromatic carbocycles. The van der Waals surface area contributed by atoms with Crippen LogP contribution in [0.15, 0.2) is 42.5 Å². The van der Waals surface area contributed by atoms with Gasteiger partial charge in [-0.15, -0.1) is 0 Å². The van der Waals surface area contributed by atoms with Crippen LogP contribution in [0.25, 0.3) is 0 Å². The van der Waals surface area contributed by atoms with Gasteiger partial charge in [0.1, 0.15) is 5.75 Å². The fourth-order valence-corrected chi connectivity index (χ4v) is 4.90. The number of anilines is 1. The number of carbonyl (C=O) groups excluding carboxylic acids is 2. The van der Waals surface area contributed by atoms with Gasteiger partial charge in [0.25, 0.3) is 5.91 Å². The van der Waals surface area contributed by atoms with Gasteiger partial charge in [-0.1, -0.05) is 31.0 Å². The fourth-order valence-electron chi connectivity index (χ4n) is 4.90. The molecule has 2 amide bonds. The van der Waals surface area contributed by atoms with E-state index in [4.69, 9.17) is 4.74 Å². The number of benzene rings is 2. The molecule has 29 heavy (non-hydrogen) atoms. The molecule has 0 radical (unpaired) electrons. The van der Waals surface area contributed by atoms with E-state index in [0.29, 0.717) is 18.7 Å². The first kappa shape index (κ1) is 19.5. The molecule has 4 rings (SSSR count). The van der Waals surface area contributed by atoms with Crippen LogP contribution in [0.3, 0.4) is 0 Å². The van der Waals surface area contributed by atoms with E-state index >= 15 is 0 Å². The molecule has 5 nitrogen and oxygen atoms in total. The van der Waals surface area contributed by atoms with Crippen LogP contribution < -0.4 is 15.0 Å². The SMILES string of the molecule is COc1ccccc1C1(CNC(=O)c2ccc3c(c2)CCN3C(C)=O)CCCC1. The van der Waals surface area contributed by atoms with Gasteiger partial charge < -0.3 is 15.0 Å². The highest BCUT2D eigenvalue weighted by Gasteiger charge is 2.38. The number of hydrogen-bond acceptors (Lipinski definition) is 3. The van der Waals surface area contributed by atoms with E-state index in [-0.39, 0.29) is 17.2 Å². The number of nitrogens with one attached hydrogen (secondary N) is 1. The highest BCUT2D eigenvalue weighted by atomic mass is 16.5. The third-order valence-electron chi connectivity index (χ3n) is 6.44. The summed E-state index contributed by atoms with van der Waals surface area (Å²) in [6.07, 6.45) is 5.21. The van der Waals surface area contributed by atoms with Crippen LogP contribution in [-0.4, -0.2) is 32.0 Å². The van der Waals surface area contributed by atoms with E-state index in [1.54, 1.807) is 18.9 Å². The molecule has 0 unspecified atom stereocenters. The first-order valence-corrected chi connectivity index (χ1v) is 10.4. The van der Waals surface area contributed by atoms with Crippen LogP contribution >= 0.6 is 0 Å². The lowest BCUT2D eigenvalue weighted by molar-refractivity contribution is -0.116. The van der Waals surface area contributed by atoms with Crippen molar-refractivity contribution in [1.29, 1.82) is 0 Å². The second-order valence-electron chi connectivity index (χ2n) is 8.13. The lowest BCUT2D eigenvalue weighted by Gasteiger charge is -2.31. The number of fused-ring (bicyclic) bond motifs is 1. The lowest BCUT2D eigenvalue weighted by atomic mass is 9.78. The molecule has 0 aromatic heterocycles. The topological polar surface area (TPSA) is 58.6 Å². The van der Waals surface area contributed by atoms with Crippen LogP contribution in [0.2, 0.25) is 0 Å². The fraction of sp³-hybridized carbons (Fsp3) is 0.417. The standard InChI is InChI=1S/C24H28N2O3/c1-17(27)26-14-11-18-15-19(9-10-21(18)26)23(28)25-16-24(12-5-6-13-24)20-7-3-4-8-22(20)29-2/h3-4,7-10,15H,5-6,11-14,16H2,1-2H3,(H,25,28). The first-order valence-electron chi connectivity index (χ1n) is 10.4. The van der Waals surface area contributed by atoms with Gasteiger partial charge in [-0.25, -0.2) is 0 Å². The first-order chi connectivity index (χ1) is 14.0. The van der Waals surface area contributed by atoms with Gasteiger partial charge >= 0.3 is 0 Å². The number of rotatable bonds is 5. The molecular weight excluding hydrogens is 364 g/mol. The third-order valence-corrected chi connectivity index (χ3v) is 6.44. The van der Waals surface area contributed by atoms with Crippen molar-refractivity contribution in [3.8, 4) is 5.75 Å². The largest absolute Gasteiger partial charge is 0.496 e. The molecule has 0 saturated heterocycles. The molecule has 1 aliphatic heterocycles. The highest BCUT2D eigenvalue weighted by molar-refractivity contribution is 5.97. The van der Waals surface area contributed by atoms with Crippen molar-refractivity contribution in [3.63, 3.8) is 0 Å². The molecule has 1 saturated carbocycles. The van der Waals surface area contributed by atoms with Crippen molar-refractivity contribution in [2.45, 2.75) is 44.4 Å². The normalized spacial score (nSPS) is 17.1. The zero-order valence-corrected chi connectivity index (χ0v) is 17.2. The second-order valence-corrected chi connectivity index (χ2v) is 8.13. The Labute approximate surface area is 172 Å². The van der Waals surface area contributed by atoms with Gasteiger partial charge in [0.2, 0.25) is 5.91 Å². The summed E-state index contributed by atoms with van der Waals surface area (Å²) in [6, 6.07) is 13.8. The van der Waals surface area contributed by atoms with Crippen LogP contribution in [0.4, 0.5) is 5.69 Å². The monoisotopic (exact) mass is 392 g/mol. The summed E-state index contributed by atoms with van der Waals surface area (Å²) in [5.41, 5.74) is 3.75. The van der Waals surface area contributed by atoms with Crippen molar-refractivity contribution in [1.82, 2.24) is 5.32 Å². The predicted molar refractivity (Wildman–Crippen MR) is 114 cm³/mol. The molecule has 152 valence electrons. The van der Waals surface area contributed by atoms with Crippen LogP contribution in [0.5, 0.6) is 5.75 Å². The molecule has 5 heteroatoms. The Bertz CT molecular complexity index is 931. The molecule has 2 aromatic rings. The molecule has 0 atom stereocenters. The Morgan fingerprint density at radius 1 is 1.14 bits per heavy atom. The zero-order chi connectivity index (χ0) is 20.4. The van der Waals surface area contributed by atoms with E-state index in [1.165, 1.54) is 5.56 Å². The highest BCUT2D eigenvalue weighted by Crippen LogP contribution is 2.44. The number of hydrogen-bond donors (Lipinski definition) is 1. The summed E-state index contributed by atoms with van der Waals surface area (Å²) in [5, 5.41) is 3.18. The average molecular weight is 392 g/mol. The van der Waals surface area contributed by atoms with Gasteiger partial charge in [-0.05, 0) is 49.1 Å². The van der Waals surface area contributed by atoms with Crippen molar-refractivity contribution >= 4 is 17.5 Å². The number of methoxy groups -OCH3 is 1. The van der Waals surface area contributed by atoms with Gasteiger partial charge in [0, 0.05) is 42.2 Å². The minimum atomic E-state index is -0.0789. The van der Waals surface area contributed by atoms with E-state index in [9.17, 15) is 9.59 Å². The van der Waals surface area contributed by atoms with E-state index in [1.807, 2.05) is 36.4 Å². The predicted octanol–water partition coefficient (Wildman–Crippen LogP) is 3.85. The van der Waals surface area contributed by atoms with Crippen LogP contribution in [-0.2, 0) is 16.6 Å². The lowest BCUT2D eigenvalue weighted by Crippen LogP contribution is -2.39. The Morgan fingerprint density at radius 2 is 1.90 bits per heavy atom. The van der Waals surface area contributed by atoms with Crippen molar-refractivity contribution in [3.05, 3.63) is 59.2 Å². The summed E-state index contributed by atoms with van der Waals surface area (Å²) in [6.45, 7) is 2.87. The third kappa shape index (κ3) is 3.61. The average Bonchev–Trinajstić information content (AvgIpc) is 3.39. The van der Waals surface area contributed by atoms with E-state index in [2.05, 4.69) is 11.4 Å². The van der Waals surface area contributed by atoms with Gasteiger partial charge in [0.15, 0.2) is 0 Å². The van der Waals surface area contributed by atoms with Crippen molar-refractivity contribution in [2.75, 3.05) is 25.1 Å². The number of para-hydroxylation sites is 1. The molecule has 0 spiro atoms. The van der Waals surface area contributed by atoms with Crippen LogP contribution in [0.1, 0.15) is 54.1 Å². The maximum atomic E-state index is 12.9. The minimum Gasteiger partial charge on any atom is -0.496 e. The van der Waals surface area contributed by atoms with Crippen molar-refractivity contribution in [2.24, 2.45) is 0 Å². The van der Waals surface area contributed by atoms with E-state index in [0.717, 1.165) is 49.1 Å². The van der Waals surface area contributed by atoms with Crippen molar-refractivity contribution < 1.29 is 14.3 Å². The van der Waals surface area contributed by atoms with E-state index < -0.39 is 0 Å². The number of ether oxygens (including phenoxy) is 1. The summed E-state index contributed by atoms with van der Waals surface area (Å²) >= 11 is 0. The Balaban J connectivity index is 1.52. The minimum absolute atomic E-state index is 0.0425.